The third-order valence-corrected chi connectivity index (χ3v) is 11.9. The maximum absolute atomic E-state index is 12.5. The van der Waals surface area contributed by atoms with E-state index < -0.39 is 7.14 Å². The van der Waals surface area contributed by atoms with Gasteiger partial charge in [0.05, 0.1) is 0 Å². The molecule has 1 aliphatic rings. The molecule has 8 rings (SSSR count). The molecule has 7 aromatic rings. The highest BCUT2D eigenvalue weighted by Crippen LogP contribution is 2.46. The average Bonchev–Trinajstić information content (AvgIpc) is 3.18. The van der Waals surface area contributed by atoms with Gasteiger partial charge in [-0.2, -0.15) is 0 Å². The van der Waals surface area contributed by atoms with Crippen molar-refractivity contribution >= 4 is 23.2 Å². The lowest BCUT2D eigenvalue weighted by Gasteiger charge is -2.39. The first-order chi connectivity index (χ1) is 24.4. The fourth-order valence-corrected chi connectivity index (χ4v) is 8.38. The summed E-state index contributed by atoms with van der Waals surface area (Å²) in [4.78, 5) is 15.0. The summed E-state index contributed by atoms with van der Waals surface area (Å²) in [5.74, 6) is 2.00. The minimum atomic E-state index is -2.28. The molecule has 50 heavy (non-hydrogen) atoms. The monoisotopic (exact) mass is 669 g/mol. The summed E-state index contributed by atoms with van der Waals surface area (Å²) in [6, 6.07) is 51.2. The van der Waals surface area contributed by atoms with Crippen LogP contribution in [0.3, 0.4) is 0 Å². The second-order valence-electron chi connectivity index (χ2n) is 13.9. The van der Waals surface area contributed by atoms with Gasteiger partial charge in [0.15, 0.2) is 17.5 Å². The van der Waals surface area contributed by atoms with Crippen molar-refractivity contribution in [2.75, 3.05) is 13.3 Å². The largest absolute Gasteiger partial charge is 0.319 e. The zero-order valence-electron chi connectivity index (χ0n) is 28.6. The Kier molecular flexibility index (Phi) is 8.50. The van der Waals surface area contributed by atoms with Crippen LogP contribution in [0.2, 0.25) is 0 Å². The standard InChI is InChI=1S/C45H40N3OP/c1-50(2,49)41-27-21-34(22-28-41)33-17-23-39(24-18-33)45(29-9-4-10-30-45)40-25-19-36(20-26-40)43-46-42(35-12-5-3-6-13-35)47-44(48-43)38-16-15-32-11-7-8-14-37(32)31-38/h3,5-8,11-28,31H,4,9-10,29-30H2,1-2H3. The lowest BCUT2D eigenvalue weighted by molar-refractivity contribution is 0.346. The molecule has 1 aromatic heterocycles. The summed E-state index contributed by atoms with van der Waals surface area (Å²) in [7, 11) is -2.28. The highest BCUT2D eigenvalue weighted by atomic mass is 31.2. The highest BCUT2D eigenvalue weighted by Gasteiger charge is 2.35. The van der Waals surface area contributed by atoms with Gasteiger partial charge in [-0.05, 0) is 65.3 Å². The van der Waals surface area contributed by atoms with Crippen LogP contribution < -0.4 is 5.30 Å². The Balaban J connectivity index is 1.15. The number of aromatic nitrogens is 3. The molecule has 5 heteroatoms. The molecule has 0 unspecified atom stereocenters. The van der Waals surface area contributed by atoms with Crippen molar-refractivity contribution in [2.24, 2.45) is 0 Å². The van der Waals surface area contributed by atoms with Crippen molar-refractivity contribution in [1.29, 1.82) is 0 Å². The van der Waals surface area contributed by atoms with Crippen LogP contribution in [0.4, 0.5) is 0 Å². The van der Waals surface area contributed by atoms with Crippen LogP contribution >= 0.6 is 7.14 Å². The molecule has 0 radical (unpaired) electrons. The average molecular weight is 670 g/mol. The first-order valence-corrected chi connectivity index (χ1v) is 20.1. The molecule has 0 bridgehead atoms. The molecule has 1 aliphatic carbocycles. The van der Waals surface area contributed by atoms with Crippen LogP contribution in [0.5, 0.6) is 0 Å². The van der Waals surface area contributed by atoms with E-state index in [1.165, 1.54) is 41.3 Å². The molecule has 0 atom stereocenters. The fourth-order valence-electron chi connectivity index (χ4n) is 7.51. The van der Waals surface area contributed by atoms with Gasteiger partial charge in [-0.1, -0.05) is 159 Å². The smallest absolute Gasteiger partial charge is 0.164 e. The van der Waals surface area contributed by atoms with Crippen LogP contribution in [-0.4, -0.2) is 28.3 Å². The zero-order valence-corrected chi connectivity index (χ0v) is 29.5. The molecule has 4 nitrogen and oxygen atoms in total. The second-order valence-corrected chi connectivity index (χ2v) is 17.1. The summed E-state index contributed by atoms with van der Waals surface area (Å²) in [5, 5.41) is 3.27. The van der Waals surface area contributed by atoms with E-state index in [0.29, 0.717) is 17.5 Å². The van der Waals surface area contributed by atoms with Crippen LogP contribution in [0, 0.1) is 0 Å². The fraction of sp³-hybridized carbons (Fsp3) is 0.178. The molecule has 0 saturated heterocycles. The number of hydrogen-bond acceptors (Lipinski definition) is 4. The summed E-state index contributed by atoms with van der Waals surface area (Å²) in [6.45, 7) is 3.64. The predicted molar refractivity (Wildman–Crippen MR) is 208 cm³/mol. The maximum Gasteiger partial charge on any atom is 0.164 e. The SMILES string of the molecule is CP(C)(=O)c1ccc(-c2ccc(C3(c4ccc(-c5nc(-c6ccccc6)nc(-c6ccc7ccccc7c6)n5)cc4)CCCCC3)cc2)cc1. The quantitative estimate of drug-likeness (QED) is 0.159. The molecule has 1 heterocycles. The van der Waals surface area contributed by atoms with E-state index in [1.54, 1.807) is 0 Å². The molecule has 0 aliphatic heterocycles. The van der Waals surface area contributed by atoms with Gasteiger partial charge >= 0.3 is 0 Å². The van der Waals surface area contributed by atoms with Gasteiger partial charge in [0.1, 0.15) is 7.14 Å². The Hall–Kier alpha value is -5.18. The lowest BCUT2D eigenvalue weighted by Crippen LogP contribution is -2.30. The van der Waals surface area contributed by atoms with Crippen molar-refractivity contribution in [3.8, 4) is 45.3 Å². The first-order valence-electron chi connectivity index (χ1n) is 17.5. The van der Waals surface area contributed by atoms with Gasteiger partial charge in [-0.3, -0.25) is 0 Å². The minimum Gasteiger partial charge on any atom is -0.319 e. The molecular weight excluding hydrogens is 629 g/mol. The van der Waals surface area contributed by atoms with E-state index in [4.69, 9.17) is 15.0 Å². The summed E-state index contributed by atoms with van der Waals surface area (Å²) in [5.41, 5.74) is 7.89. The molecule has 6 aromatic carbocycles. The maximum atomic E-state index is 12.5. The van der Waals surface area contributed by atoms with E-state index >= 15 is 0 Å². The summed E-state index contributed by atoms with van der Waals surface area (Å²) < 4.78 is 12.5. The number of hydrogen-bond donors (Lipinski definition) is 0. The van der Waals surface area contributed by atoms with Gasteiger partial charge in [0.25, 0.3) is 0 Å². The van der Waals surface area contributed by atoms with Crippen LogP contribution in [0.25, 0.3) is 56.1 Å². The van der Waals surface area contributed by atoms with E-state index in [0.717, 1.165) is 45.8 Å². The topological polar surface area (TPSA) is 55.7 Å². The van der Waals surface area contributed by atoms with Crippen LogP contribution in [-0.2, 0) is 9.98 Å². The highest BCUT2D eigenvalue weighted by molar-refractivity contribution is 7.70. The Bertz CT molecular complexity index is 2320. The van der Waals surface area contributed by atoms with E-state index in [-0.39, 0.29) is 5.41 Å². The van der Waals surface area contributed by atoms with E-state index in [1.807, 2.05) is 55.8 Å². The Morgan fingerprint density at radius 2 is 0.920 bits per heavy atom. The predicted octanol–water partition coefficient (Wildman–Crippen LogP) is 11.2. The van der Waals surface area contributed by atoms with Crippen molar-refractivity contribution in [2.45, 2.75) is 37.5 Å². The number of fused-ring (bicyclic) bond motifs is 1. The van der Waals surface area contributed by atoms with E-state index in [2.05, 4.69) is 103 Å². The summed E-state index contributed by atoms with van der Waals surface area (Å²) in [6.07, 6.45) is 5.94. The zero-order chi connectivity index (χ0) is 34.1. The first kappa shape index (κ1) is 32.0. The minimum absolute atomic E-state index is 0.0409. The molecule has 1 fully saturated rings. The molecule has 0 N–H and O–H groups in total. The second kappa shape index (κ2) is 13.3. The Morgan fingerprint density at radius 1 is 0.460 bits per heavy atom. The van der Waals surface area contributed by atoms with Crippen molar-refractivity contribution in [3.05, 3.63) is 157 Å². The Labute approximate surface area is 294 Å². The molecular formula is C45H40N3OP. The lowest BCUT2D eigenvalue weighted by atomic mass is 9.65. The third-order valence-electron chi connectivity index (χ3n) is 10.3. The molecule has 1 saturated carbocycles. The van der Waals surface area contributed by atoms with E-state index in [9.17, 15) is 4.57 Å². The molecule has 0 amide bonds. The third kappa shape index (κ3) is 6.32. The number of rotatable bonds is 7. The van der Waals surface area contributed by atoms with Crippen molar-refractivity contribution < 1.29 is 4.57 Å². The van der Waals surface area contributed by atoms with Gasteiger partial charge in [0.2, 0.25) is 0 Å². The number of benzene rings is 6. The van der Waals surface area contributed by atoms with Crippen molar-refractivity contribution in [1.82, 2.24) is 15.0 Å². The van der Waals surface area contributed by atoms with Crippen LogP contribution in [0.1, 0.15) is 43.2 Å². The van der Waals surface area contributed by atoms with Gasteiger partial charge in [-0.25, -0.2) is 15.0 Å². The number of nitrogens with zero attached hydrogens (tertiary/aromatic N) is 3. The van der Waals surface area contributed by atoms with Crippen LogP contribution in [0.15, 0.2) is 146 Å². The van der Waals surface area contributed by atoms with Gasteiger partial charge < -0.3 is 4.57 Å². The Morgan fingerprint density at radius 3 is 1.50 bits per heavy atom. The molecule has 0 spiro atoms. The van der Waals surface area contributed by atoms with Gasteiger partial charge in [-0.15, -0.1) is 0 Å². The van der Waals surface area contributed by atoms with Gasteiger partial charge in [0, 0.05) is 27.4 Å². The van der Waals surface area contributed by atoms with Crippen molar-refractivity contribution in [3.63, 3.8) is 0 Å². The summed E-state index contributed by atoms with van der Waals surface area (Å²) >= 11 is 0. The normalized spacial score (nSPS) is 14.4. The molecule has 246 valence electrons.